The minimum Gasteiger partial charge on any atom is -0.462 e. The summed E-state index contributed by atoms with van der Waals surface area (Å²) < 4.78 is 55.4. The summed E-state index contributed by atoms with van der Waals surface area (Å²) in [5, 5.41) is 0. The number of carbonyl (C=O) groups excluding carboxylic acids is 2. The lowest BCUT2D eigenvalue weighted by molar-refractivity contribution is -0.138. The zero-order valence-electron chi connectivity index (χ0n) is 9.18. The van der Waals surface area contributed by atoms with E-state index in [2.05, 4.69) is 4.74 Å². The standard InChI is InChI=1S/C11H8F4O3/c1-2-18-10(17)6-3-4-8(11(13,14)15)7(5-16)9(6)12/h3-5H,2H2,1H3. The Hall–Kier alpha value is -1.92. The van der Waals surface area contributed by atoms with Crippen LogP contribution in [-0.2, 0) is 10.9 Å². The fourth-order valence-corrected chi connectivity index (χ4v) is 1.32. The van der Waals surface area contributed by atoms with Crippen LogP contribution in [0.15, 0.2) is 12.1 Å². The van der Waals surface area contributed by atoms with Crippen molar-refractivity contribution >= 4 is 12.3 Å². The number of aldehydes is 1. The second kappa shape index (κ2) is 5.16. The van der Waals surface area contributed by atoms with Crippen LogP contribution in [0.25, 0.3) is 0 Å². The predicted molar refractivity (Wildman–Crippen MR) is 52.7 cm³/mol. The smallest absolute Gasteiger partial charge is 0.417 e. The Kier molecular flexibility index (Phi) is 4.05. The summed E-state index contributed by atoms with van der Waals surface area (Å²) in [5.41, 5.74) is -3.33. The van der Waals surface area contributed by atoms with E-state index in [1.54, 1.807) is 0 Å². The lowest BCUT2D eigenvalue weighted by Crippen LogP contribution is -2.15. The second-order valence-electron chi connectivity index (χ2n) is 3.22. The average molecular weight is 264 g/mol. The van der Waals surface area contributed by atoms with Crippen LogP contribution in [0.5, 0.6) is 0 Å². The molecule has 0 amide bonds. The molecule has 0 unspecified atom stereocenters. The summed E-state index contributed by atoms with van der Waals surface area (Å²) in [6.07, 6.45) is -5.15. The SMILES string of the molecule is CCOC(=O)c1ccc(C(F)(F)F)c(C=O)c1F. The first-order valence-corrected chi connectivity index (χ1v) is 4.85. The molecule has 0 N–H and O–H groups in total. The third-order valence-corrected chi connectivity index (χ3v) is 2.10. The van der Waals surface area contributed by atoms with Crippen molar-refractivity contribution in [3.8, 4) is 0 Å². The lowest BCUT2D eigenvalue weighted by atomic mass is 10.0. The Morgan fingerprint density at radius 2 is 2.00 bits per heavy atom. The molecular weight excluding hydrogens is 256 g/mol. The molecule has 0 saturated heterocycles. The quantitative estimate of drug-likeness (QED) is 0.479. The Morgan fingerprint density at radius 3 is 2.44 bits per heavy atom. The largest absolute Gasteiger partial charge is 0.462 e. The van der Waals surface area contributed by atoms with Crippen LogP contribution in [0.2, 0.25) is 0 Å². The van der Waals surface area contributed by atoms with E-state index in [1.165, 1.54) is 6.92 Å². The van der Waals surface area contributed by atoms with Crippen molar-refractivity contribution in [1.82, 2.24) is 0 Å². The van der Waals surface area contributed by atoms with E-state index in [1.807, 2.05) is 0 Å². The summed E-state index contributed by atoms with van der Waals surface area (Å²) in [6, 6.07) is 1.11. The van der Waals surface area contributed by atoms with Crippen LogP contribution in [-0.4, -0.2) is 18.9 Å². The zero-order chi connectivity index (χ0) is 13.9. The van der Waals surface area contributed by atoms with E-state index in [4.69, 9.17) is 0 Å². The van der Waals surface area contributed by atoms with Gasteiger partial charge in [-0.1, -0.05) is 0 Å². The minimum atomic E-state index is -4.87. The highest BCUT2D eigenvalue weighted by Gasteiger charge is 2.36. The molecule has 0 saturated carbocycles. The van der Waals surface area contributed by atoms with Gasteiger partial charge in [0, 0.05) is 0 Å². The average Bonchev–Trinajstić information content (AvgIpc) is 2.27. The number of esters is 1. The second-order valence-corrected chi connectivity index (χ2v) is 3.22. The van der Waals surface area contributed by atoms with Gasteiger partial charge in [0.25, 0.3) is 0 Å². The maximum absolute atomic E-state index is 13.6. The fraction of sp³-hybridized carbons (Fsp3) is 0.273. The van der Waals surface area contributed by atoms with E-state index < -0.39 is 34.7 Å². The number of carbonyl (C=O) groups is 2. The highest BCUT2D eigenvalue weighted by Crippen LogP contribution is 2.33. The Balaban J connectivity index is 3.38. The highest BCUT2D eigenvalue weighted by atomic mass is 19.4. The number of rotatable bonds is 3. The first-order valence-electron chi connectivity index (χ1n) is 4.85. The van der Waals surface area contributed by atoms with E-state index in [9.17, 15) is 27.2 Å². The lowest BCUT2D eigenvalue weighted by Gasteiger charge is -2.11. The summed E-state index contributed by atoms with van der Waals surface area (Å²) >= 11 is 0. The van der Waals surface area contributed by atoms with Gasteiger partial charge < -0.3 is 4.74 Å². The Labute approximate surface area is 99.4 Å². The number of halogens is 4. The molecule has 0 atom stereocenters. The predicted octanol–water partition coefficient (Wildman–Crippen LogP) is 2.83. The molecule has 0 bridgehead atoms. The van der Waals surface area contributed by atoms with Crippen molar-refractivity contribution < 1.29 is 31.9 Å². The van der Waals surface area contributed by atoms with E-state index >= 15 is 0 Å². The number of hydrogen-bond donors (Lipinski definition) is 0. The normalized spacial score (nSPS) is 11.2. The summed E-state index contributed by atoms with van der Waals surface area (Å²) in [5.74, 6) is -2.65. The van der Waals surface area contributed by atoms with Crippen LogP contribution in [0.3, 0.4) is 0 Å². The molecular formula is C11H8F4O3. The maximum atomic E-state index is 13.6. The molecule has 0 spiro atoms. The number of benzene rings is 1. The van der Waals surface area contributed by atoms with E-state index in [0.29, 0.717) is 12.1 Å². The van der Waals surface area contributed by atoms with Crippen molar-refractivity contribution in [2.24, 2.45) is 0 Å². The number of alkyl halides is 3. The zero-order valence-corrected chi connectivity index (χ0v) is 9.18. The van der Waals surface area contributed by atoms with Gasteiger partial charge in [0.05, 0.1) is 23.3 Å². The molecule has 0 aliphatic carbocycles. The van der Waals surface area contributed by atoms with E-state index in [0.717, 1.165) is 0 Å². The molecule has 3 nitrogen and oxygen atoms in total. The van der Waals surface area contributed by atoms with Crippen molar-refractivity contribution in [2.75, 3.05) is 6.61 Å². The topological polar surface area (TPSA) is 43.4 Å². The molecule has 0 heterocycles. The van der Waals surface area contributed by atoms with Gasteiger partial charge in [-0.3, -0.25) is 4.79 Å². The Morgan fingerprint density at radius 1 is 1.39 bits per heavy atom. The van der Waals surface area contributed by atoms with Gasteiger partial charge in [0.2, 0.25) is 0 Å². The van der Waals surface area contributed by atoms with Gasteiger partial charge >= 0.3 is 12.1 Å². The molecule has 1 aromatic rings. The summed E-state index contributed by atoms with van der Waals surface area (Å²) in [6.45, 7) is 1.40. The van der Waals surface area contributed by atoms with Crippen molar-refractivity contribution in [3.05, 3.63) is 34.6 Å². The molecule has 0 aliphatic rings. The van der Waals surface area contributed by atoms with Gasteiger partial charge in [-0.2, -0.15) is 13.2 Å². The molecule has 0 radical (unpaired) electrons. The van der Waals surface area contributed by atoms with E-state index in [-0.39, 0.29) is 12.9 Å². The number of ether oxygens (including phenoxy) is 1. The van der Waals surface area contributed by atoms with Crippen molar-refractivity contribution in [3.63, 3.8) is 0 Å². The van der Waals surface area contributed by atoms with Crippen molar-refractivity contribution in [1.29, 1.82) is 0 Å². The van der Waals surface area contributed by atoms with Crippen molar-refractivity contribution in [2.45, 2.75) is 13.1 Å². The summed E-state index contributed by atoms with van der Waals surface area (Å²) in [4.78, 5) is 21.8. The molecule has 7 heteroatoms. The monoisotopic (exact) mass is 264 g/mol. The van der Waals surface area contributed by atoms with Gasteiger partial charge in [0.15, 0.2) is 6.29 Å². The van der Waals surface area contributed by atoms with Crippen LogP contribution in [0.4, 0.5) is 17.6 Å². The van der Waals surface area contributed by atoms with Gasteiger partial charge in [-0.15, -0.1) is 0 Å². The molecule has 18 heavy (non-hydrogen) atoms. The van der Waals surface area contributed by atoms with Crippen LogP contribution >= 0.6 is 0 Å². The van der Waals surface area contributed by atoms with Crippen LogP contribution in [0, 0.1) is 5.82 Å². The van der Waals surface area contributed by atoms with Crippen LogP contribution < -0.4 is 0 Å². The maximum Gasteiger partial charge on any atom is 0.417 e. The van der Waals surface area contributed by atoms with Gasteiger partial charge in [-0.25, -0.2) is 9.18 Å². The Bertz CT molecular complexity index is 480. The third kappa shape index (κ3) is 2.66. The minimum absolute atomic E-state index is 0.0598. The first-order chi connectivity index (χ1) is 8.32. The first kappa shape index (κ1) is 14.1. The molecule has 0 fully saturated rings. The van der Waals surface area contributed by atoms with Crippen LogP contribution in [0.1, 0.15) is 33.2 Å². The molecule has 1 rings (SSSR count). The fourth-order valence-electron chi connectivity index (χ4n) is 1.32. The van der Waals surface area contributed by atoms with Gasteiger partial charge in [-0.05, 0) is 19.1 Å². The summed E-state index contributed by atoms with van der Waals surface area (Å²) in [7, 11) is 0. The van der Waals surface area contributed by atoms with Gasteiger partial charge in [0.1, 0.15) is 5.82 Å². The molecule has 0 aromatic heterocycles. The molecule has 0 aliphatic heterocycles. The third-order valence-electron chi connectivity index (χ3n) is 2.10. The molecule has 98 valence electrons. The highest BCUT2D eigenvalue weighted by molar-refractivity contribution is 5.92. The molecule has 1 aromatic carbocycles. The number of hydrogen-bond acceptors (Lipinski definition) is 3.